The number of carbonyl (C=O) groups is 6. The number of rotatable bonds is 23. The highest BCUT2D eigenvalue weighted by atomic mass is 32.2. The summed E-state index contributed by atoms with van der Waals surface area (Å²) in [5.74, 6) is 0.825. The fourth-order valence-corrected chi connectivity index (χ4v) is 5.63. The average Bonchev–Trinajstić information content (AvgIpc) is 3.09. The predicted molar refractivity (Wildman–Crippen MR) is 204 cm³/mol. The number of aliphatic carboxylic acids is 1. The Morgan fingerprint density at radius 2 is 1.46 bits per heavy atom. The minimum atomic E-state index is -1.00. The molecule has 288 valence electrons. The van der Waals surface area contributed by atoms with E-state index in [-0.39, 0.29) is 48.9 Å². The molecule has 4 amide bonds. The number of carbonyl (C=O) groups excluding carboxylic acids is 5. The molecule has 10 N–H and O–H groups in total. The first kappa shape index (κ1) is 51.2. The van der Waals surface area contributed by atoms with Crippen LogP contribution in [0.5, 0.6) is 0 Å². The lowest BCUT2D eigenvalue weighted by atomic mass is 9.97. The van der Waals surface area contributed by atoms with E-state index in [9.17, 15) is 28.8 Å². The van der Waals surface area contributed by atoms with Gasteiger partial charge in [-0.1, -0.05) is 54.0 Å². The number of aromatic nitrogens is 1. The van der Waals surface area contributed by atoms with Crippen LogP contribution in [0.4, 0.5) is 0 Å². The van der Waals surface area contributed by atoms with Gasteiger partial charge in [0.15, 0.2) is 0 Å². The number of nitrogens with one attached hydrogen (secondary N) is 3. The van der Waals surface area contributed by atoms with Crippen LogP contribution in [0.25, 0.3) is 0 Å². The van der Waals surface area contributed by atoms with E-state index < -0.39 is 24.0 Å². The van der Waals surface area contributed by atoms with Crippen molar-refractivity contribution in [3.8, 4) is 0 Å². The molecule has 0 aromatic carbocycles. The van der Waals surface area contributed by atoms with Gasteiger partial charge in [-0.15, -0.1) is 0 Å². The zero-order valence-electron chi connectivity index (χ0n) is 31.2. The quantitative estimate of drug-likeness (QED) is 0.0631. The summed E-state index contributed by atoms with van der Waals surface area (Å²) in [5, 5.41) is 16.9. The van der Waals surface area contributed by atoms with Gasteiger partial charge in [-0.25, -0.2) is 0 Å². The Morgan fingerprint density at radius 1 is 0.920 bits per heavy atom. The molecule has 4 atom stereocenters. The Labute approximate surface area is 307 Å². The number of thioether (sulfide) groups is 2. The summed E-state index contributed by atoms with van der Waals surface area (Å²) >= 11 is 3.16. The van der Waals surface area contributed by atoms with Crippen molar-refractivity contribution in [3.63, 3.8) is 0 Å². The first-order valence-corrected chi connectivity index (χ1v) is 19.2. The fraction of sp³-hybridized carbons (Fsp3) is 0.676. The van der Waals surface area contributed by atoms with Crippen molar-refractivity contribution < 1.29 is 33.9 Å². The maximum atomic E-state index is 12.1. The van der Waals surface area contributed by atoms with Crippen LogP contribution < -0.4 is 33.2 Å². The topological polar surface area (TPSA) is 250 Å². The van der Waals surface area contributed by atoms with Gasteiger partial charge in [-0.2, -0.15) is 23.5 Å². The summed E-state index contributed by atoms with van der Waals surface area (Å²) in [6.45, 7) is 12.0. The molecular weight excluding hydrogens is 683 g/mol. The van der Waals surface area contributed by atoms with Crippen LogP contribution in [0, 0.1) is 11.8 Å². The smallest absolute Gasteiger partial charge is 0.303 e. The Bertz CT molecular complexity index is 1110. The summed E-state index contributed by atoms with van der Waals surface area (Å²) < 4.78 is 0. The predicted octanol–water partition coefficient (Wildman–Crippen LogP) is 2.60. The lowest BCUT2D eigenvalue weighted by molar-refractivity contribution is -0.137. The zero-order valence-corrected chi connectivity index (χ0v) is 32.8. The van der Waals surface area contributed by atoms with Crippen molar-refractivity contribution in [3.05, 3.63) is 29.6 Å². The second-order valence-electron chi connectivity index (χ2n) is 11.2. The Hall–Kier alpha value is -3.21. The van der Waals surface area contributed by atoms with Gasteiger partial charge in [0.1, 0.15) is 12.3 Å². The average molecular weight is 746 g/mol. The highest BCUT2D eigenvalue weighted by Gasteiger charge is 2.27. The normalized spacial score (nSPS) is 12.5. The highest BCUT2D eigenvalue weighted by molar-refractivity contribution is 7.98. The maximum absolute atomic E-state index is 12.1. The zero-order chi connectivity index (χ0) is 39.1. The molecule has 0 radical (unpaired) electrons. The number of aldehydes is 1. The molecule has 16 heteroatoms. The molecule has 0 spiro atoms. The number of carboxylic acids is 1. The first-order chi connectivity index (χ1) is 23.7. The number of primary amides is 2. The second-order valence-corrected chi connectivity index (χ2v) is 13.4. The summed E-state index contributed by atoms with van der Waals surface area (Å²) in [7, 11) is 3.25. The van der Waals surface area contributed by atoms with Gasteiger partial charge < -0.3 is 43.1 Å². The molecule has 0 aliphatic heterocycles. The molecule has 1 rings (SSSR count). The number of amides is 4. The molecule has 1 aromatic rings. The van der Waals surface area contributed by atoms with Gasteiger partial charge in [-0.3, -0.25) is 29.0 Å². The summed E-state index contributed by atoms with van der Waals surface area (Å²) in [6.07, 6.45) is 2.60. The van der Waals surface area contributed by atoms with E-state index >= 15 is 0 Å². The minimum absolute atomic E-state index is 0.0445. The number of carboxylic acid groups (broad SMARTS) is 1. The molecule has 1 aromatic heterocycles. The standard InChI is InChI=1S/C18H25N3O5S2.C13H27N3O2.C2H6.CH5N/c19-16(23)6-8-27-11-14-2-1-3-15(20-14)12-28-9-7-17(24)21-13(10-22)4-5-18(25)26;1-6-9(4)11(12(14)17)16-13(18)10(15-5)7-8(2)3;2*1-2/h1-3,10,13H,4-9,11-12H2,(H2,19,23)(H,21,24)(H,25,26);8-11,15H,6-7H2,1-5H3,(H2,14,17)(H,16,18);1-2H3;2H2,1H3/t13-;9-,10-,11-;;/m00../s1. The van der Waals surface area contributed by atoms with E-state index in [0.29, 0.717) is 41.6 Å². The number of nitrogens with zero attached hydrogens (tertiary/aromatic N) is 1. The van der Waals surface area contributed by atoms with E-state index in [1.807, 2.05) is 45.9 Å². The van der Waals surface area contributed by atoms with Crippen molar-refractivity contribution >= 4 is 59.4 Å². The van der Waals surface area contributed by atoms with Crippen LogP contribution in [-0.2, 0) is 40.3 Å². The largest absolute Gasteiger partial charge is 0.481 e. The molecule has 0 unspecified atom stereocenters. The third-order valence-corrected chi connectivity index (χ3v) is 8.69. The molecule has 50 heavy (non-hydrogen) atoms. The van der Waals surface area contributed by atoms with Crippen molar-refractivity contribution in [2.24, 2.45) is 29.0 Å². The lowest BCUT2D eigenvalue weighted by Gasteiger charge is -2.25. The summed E-state index contributed by atoms with van der Waals surface area (Å²) in [4.78, 5) is 71.9. The molecule has 0 bridgehead atoms. The monoisotopic (exact) mass is 745 g/mol. The number of likely N-dealkylation sites (N-methyl/N-ethyl adjacent to an activating group) is 1. The van der Waals surface area contributed by atoms with Gasteiger partial charge in [0.05, 0.1) is 23.5 Å². The van der Waals surface area contributed by atoms with E-state index in [2.05, 4.69) is 40.5 Å². The Morgan fingerprint density at radius 3 is 1.88 bits per heavy atom. The van der Waals surface area contributed by atoms with Crippen LogP contribution in [0.15, 0.2) is 18.2 Å². The molecule has 0 aliphatic rings. The molecule has 0 aliphatic carbocycles. The number of hydrogen-bond acceptors (Lipinski definition) is 11. The van der Waals surface area contributed by atoms with Crippen LogP contribution in [-0.4, -0.2) is 89.7 Å². The van der Waals surface area contributed by atoms with Crippen molar-refractivity contribution in [2.75, 3.05) is 25.6 Å². The van der Waals surface area contributed by atoms with Gasteiger partial charge in [-0.05, 0) is 50.9 Å². The van der Waals surface area contributed by atoms with Crippen molar-refractivity contribution in [1.82, 2.24) is 20.9 Å². The van der Waals surface area contributed by atoms with Crippen LogP contribution in [0.2, 0.25) is 0 Å². The van der Waals surface area contributed by atoms with Crippen molar-refractivity contribution in [1.29, 1.82) is 0 Å². The van der Waals surface area contributed by atoms with E-state index in [1.165, 1.54) is 7.05 Å². The van der Waals surface area contributed by atoms with Gasteiger partial charge in [0.25, 0.3) is 0 Å². The maximum Gasteiger partial charge on any atom is 0.303 e. The molecule has 0 fully saturated rings. The molecule has 0 saturated heterocycles. The molecular formula is C34H63N7O7S2. The van der Waals surface area contributed by atoms with Crippen LogP contribution in [0.3, 0.4) is 0 Å². The number of hydrogen-bond donors (Lipinski definition) is 7. The Balaban J connectivity index is -0.000000867. The SMILES string of the molecule is CC.CC[C@H](C)[C@H](NC(=O)[C@H](CC(C)C)NC)C(N)=O.CN.NC(=O)CCSCc1cccc(CSCCC(=O)N[C@H](C=O)CCC(=O)O)n1. The molecule has 14 nitrogen and oxygen atoms in total. The van der Waals surface area contributed by atoms with E-state index in [1.54, 1.807) is 30.6 Å². The Kier molecular flexibility index (Phi) is 33.7. The van der Waals surface area contributed by atoms with E-state index in [0.717, 1.165) is 24.2 Å². The van der Waals surface area contributed by atoms with Crippen LogP contribution in [0.1, 0.15) is 91.5 Å². The van der Waals surface area contributed by atoms with Gasteiger partial charge >= 0.3 is 5.97 Å². The van der Waals surface area contributed by atoms with Gasteiger partial charge in [0.2, 0.25) is 23.6 Å². The number of nitrogens with two attached hydrogens (primary N) is 3. The summed E-state index contributed by atoms with van der Waals surface area (Å²) in [5.41, 5.74) is 16.8. The highest BCUT2D eigenvalue weighted by Crippen LogP contribution is 2.16. The second kappa shape index (κ2) is 33.0. The molecule has 0 saturated carbocycles. The van der Waals surface area contributed by atoms with E-state index in [4.69, 9.17) is 16.6 Å². The fourth-order valence-electron chi connectivity index (χ4n) is 3.92. The van der Waals surface area contributed by atoms with Crippen LogP contribution >= 0.6 is 23.5 Å². The minimum Gasteiger partial charge on any atom is -0.481 e. The van der Waals surface area contributed by atoms with Gasteiger partial charge in [0, 0.05) is 42.3 Å². The number of pyridine rings is 1. The third-order valence-electron chi connectivity index (χ3n) is 6.70. The third kappa shape index (κ3) is 27.6. The summed E-state index contributed by atoms with van der Waals surface area (Å²) in [6, 6.07) is 4.13. The van der Waals surface area contributed by atoms with Crippen molar-refractivity contribution in [2.45, 2.75) is 110 Å². The first-order valence-electron chi connectivity index (χ1n) is 16.9. The lowest BCUT2D eigenvalue weighted by Crippen LogP contribution is -2.53. The molecule has 1 heterocycles.